The molecule has 31 heavy (non-hydrogen) atoms. The molecule has 2 heterocycles. The minimum atomic E-state index is 0. The predicted molar refractivity (Wildman–Crippen MR) is 134 cm³/mol. The summed E-state index contributed by atoms with van der Waals surface area (Å²) >= 11 is 0. The molecule has 1 aromatic heterocycles. The van der Waals surface area contributed by atoms with E-state index < -0.39 is 0 Å². The van der Waals surface area contributed by atoms with E-state index in [2.05, 4.69) is 37.9 Å². The fourth-order valence-corrected chi connectivity index (χ4v) is 3.56. The summed E-state index contributed by atoms with van der Waals surface area (Å²) in [7, 11) is 5.37. The van der Waals surface area contributed by atoms with Gasteiger partial charge in [-0.2, -0.15) is 0 Å². The van der Waals surface area contributed by atoms with Crippen LogP contribution in [0.1, 0.15) is 24.5 Å². The highest BCUT2D eigenvalue weighted by Crippen LogP contribution is 2.29. The lowest BCUT2D eigenvalue weighted by atomic mass is 10.0. The number of aliphatic imine (C=N–C) groups is 1. The second-order valence-electron chi connectivity index (χ2n) is 7.41. The molecule has 0 saturated carbocycles. The van der Waals surface area contributed by atoms with E-state index in [4.69, 9.17) is 14.5 Å². The van der Waals surface area contributed by atoms with Crippen LogP contribution in [0.15, 0.2) is 29.3 Å². The van der Waals surface area contributed by atoms with Gasteiger partial charge in [0.1, 0.15) is 18.1 Å². The second-order valence-corrected chi connectivity index (χ2v) is 7.41. The summed E-state index contributed by atoms with van der Waals surface area (Å²) < 4.78 is 12.7. The number of benzene rings is 1. The first-order chi connectivity index (χ1) is 14.6. The number of nitrogens with zero attached hydrogens (tertiary/aromatic N) is 5. The first-order valence-corrected chi connectivity index (χ1v) is 10.4. The number of aromatic nitrogens is 3. The summed E-state index contributed by atoms with van der Waals surface area (Å²) in [6, 6.07) is 8.45. The topological polar surface area (TPSA) is 88.8 Å². The Morgan fingerprint density at radius 1 is 1.26 bits per heavy atom. The van der Waals surface area contributed by atoms with Gasteiger partial charge >= 0.3 is 0 Å². The lowest BCUT2D eigenvalue weighted by Crippen LogP contribution is -2.51. The normalized spacial score (nSPS) is 16.6. The van der Waals surface area contributed by atoms with Gasteiger partial charge in [0, 0.05) is 39.8 Å². The van der Waals surface area contributed by atoms with Crippen LogP contribution >= 0.6 is 24.0 Å². The Hall–Kier alpha value is -2.08. The molecular weight excluding hydrogens is 509 g/mol. The Balaban J connectivity index is 0.00000341. The van der Waals surface area contributed by atoms with Gasteiger partial charge in [-0.15, -0.1) is 34.2 Å². The van der Waals surface area contributed by atoms with Crippen molar-refractivity contribution >= 4 is 35.6 Å². The van der Waals surface area contributed by atoms with E-state index in [1.165, 1.54) is 0 Å². The van der Waals surface area contributed by atoms with Crippen LogP contribution in [0.2, 0.25) is 0 Å². The zero-order valence-corrected chi connectivity index (χ0v) is 21.1. The molecule has 9 nitrogen and oxygen atoms in total. The smallest absolute Gasteiger partial charge is 0.192 e. The van der Waals surface area contributed by atoms with Gasteiger partial charge < -0.3 is 29.6 Å². The highest BCUT2D eigenvalue weighted by atomic mass is 127. The highest BCUT2D eigenvalue weighted by molar-refractivity contribution is 14.0. The van der Waals surface area contributed by atoms with E-state index in [-0.39, 0.29) is 30.0 Å². The van der Waals surface area contributed by atoms with E-state index >= 15 is 0 Å². The van der Waals surface area contributed by atoms with Gasteiger partial charge in [-0.25, -0.2) is 4.99 Å². The third kappa shape index (κ3) is 6.96. The molecule has 2 aromatic rings. The van der Waals surface area contributed by atoms with Crippen molar-refractivity contribution in [2.45, 2.75) is 32.4 Å². The maximum absolute atomic E-state index is 5.55. The number of halogens is 1. The molecule has 1 aliphatic rings. The zero-order valence-electron chi connectivity index (χ0n) is 18.8. The van der Waals surface area contributed by atoms with Gasteiger partial charge in [0.15, 0.2) is 11.8 Å². The maximum Gasteiger partial charge on any atom is 0.192 e. The number of anilines is 1. The summed E-state index contributed by atoms with van der Waals surface area (Å²) in [6.07, 6.45) is 2.18. The Bertz CT molecular complexity index is 843. The molecule has 1 unspecified atom stereocenters. The Morgan fingerprint density at radius 3 is 2.77 bits per heavy atom. The second kappa shape index (κ2) is 12.7. The summed E-state index contributed by atoms with van der Waals surface area (Å²) in [4.78, 5) is 7.11. The van der Waals surface area contributed by atoms with Crippen LogP contribution in [0, 0.1) is 6.92 Å². The van der Waals surface area contributed by atoms with E-state index in [9.17, 15) is 0 Å². The number of hydrogen-bond acceptors (Lipinski definition) is 6. The lowest BCUT2D eigenvalue weighted by Gasteiger charge is -2.36. The van der Waals surface area contributed by atoms with Crippen LogP contribution in [0.25, 0.3) is 0 Å². The van der Waals surface area contributed by atoms with Crippen molar-refractivity contribution in [2.75, 3.05) is 45.4 Å². The van der Waals surface area contributed by atoms with E-state index in [0.717, 1.165) is 55.0 Å². The molecule has 0 radical (unpaired) electrons. The zero-order chi connectivity index (χ0) is 21.3. The number of guanidine groups is 1. The minimum absolute atomic E-state index is 0. The van der Waals surface area contributed by atoms with Crippen molar-refractivity contribution in [2.24, 2.45) is 12.0 Å². The number of nitrogens with one attached hydrogen (secondary N) is 2. The lowest BCUT2D eigenvalue weighted by molar-refractivity contribution is 0.203. The molecule has 0 spiro atoms. The third-order valence-corrected chi connectivity index (χ3v) is 5.35. The molecule has 0 amide bonds. The number of hydrogen-bond donors (Lipinski definition) is 2. The highest BCUT2D eigenvalue weighted by Gasteiger charge is 2.23. The molecule has 1 fully saturated rings. The summed E-state index contributed by atoms with van der Waals surface area (Å²) in [5.74, 6) is 3.38. The number of rotatable bonds is 8. The SMILES string of the molecule is COCCNC(=NCc1nnc(C)n1C)NC1CCCN(c2ccccc2OC)C1.I. The maximum atomic E-state index is 5.55. The van der Waals surface area contributed by atoms with E-state index in [1.54, 1.807) is 14.2 Å². The molecule has 2 N–H and O–H groups in total. The molecule has 1 atom stereocenters. The fourth-order valence-electron chi connectivity index (χ4n) is 3.56. The van der Waals surface area contributed by atoms with E-state index in [0.29, 0.717) is 19.7 Å². The van der Waals surface area contributed by atoms with E-state index in [1.807, 2.05) is 30.7 Å². The Labute approximate surface area is 201 Å². The van der Waals surface area contributed by atoms with Crippen molar-refractivity contribution in [3.63, 3.8) is 0 Å². The van der Waals surface area contributed by atoms with Crippen molar-refractivity contribution in [1.82, 2.24) is 25.4 Å². The predicted octanol–water partition coefficient (Wildman–Crippen LogP) is 2.10. The minimum Gasteiger partial charge on any atom is -0.495 e. The summed E-state index contributed by atoms with van der Waals surface area (Å²) in [5, 5.41) is 15.3. The van der Waals surface area contributed by atoms with Crippen LogP contribution in [0.5, 0.6) is 5.75 Å². The van der Waals surface area contributed by atoms with Crippen molar-refractivity contribution in [3.8, 4) is 5.75 Å². The Morgan fingerprint density at radius 2 is 2.06 bits per heavy atom. The molecule has 172 valence electrons. The number of methoxy groups -OCH3 is 2. The largest absolute Gasteiger partial charge is 0.495 e. The molecule has 3 rings (SSSR count). The summed E-state index contributed by atoms with van der Waals surface area (Å²) in [6.45, 7) is 5.59. The van der Waals surface area contributed by atoms with Crippen LogP contribution < -0.4 is 20.3 Å². The van der Waals surface area contributed by atoms with Crippen molar-refractivity contribution in [3.05, 3.63) is 35.9 Å². The van der Waals surface area contributed by atoms with Gasteiger partial charge in [0.05, 0.1) is 19.4 Å². The molecule has 0 aliphatic carbocycles. The first-order valence-electron chi connectivity index (χ1n) is 10.4. The van der Waals surface area contributed by atoms with Crippen molar-refractivity contribution < 1.29 is 9.47 Å². The number of ether oxygens (including phenoxy) is 2. The quantitative estimate of drug-likeness (QED) is 0.228. The molecule has 0 bridgehead atoms. The summed E-state index contributed by atoms with van der Waals surface area (Å²) in [5.41, 5.74) is 1.13. The van der Waals surface area contributed by atoms with Crippen LogP contribution in [0.3, 0.4) is 0 Å². The van der Waals surface area contributed by atoms with Crippen LogP contribution in [0.4, 0.5) is 5.69 Å². The van der Waals surface area contributed by atoms with Crippen LogP contribution in [-0.2, 0) is 18.3 Å². The molecule has 1 aliphatic heterocycles. The van der Waals surface area contributed by atoms with Crippen LogP contribution in [-0.4, -0.2) is 67.2 Å². The molecule has 1 saturated heterocycles. The van der Waals surface area contributed by atoms with Gasteiger partial charge in [0.25, 0.3) is 0 Å². The van der Waals surface area contributed by atoms with Gasteiger partial charge in [-0.3, -0.25) is 0 Å². The van der Waals surface area contributed by atoms with Gasteiger partial charge in [-0.05, 0) is 31.9 Å². The third-order valence-electron chi connectivity index (χ3n) is 5.35. The first kappa shape index (κ1) is 25.2. The average molecular weight is 543 g/mol. The average Bonchev–Trinajstić information content (AvgIpc) is 3.10. The molecular formula is C21H34IN7O2. The van der Waals surface area contributed by atoms with Crippen molar-refractivity contribution in [1.29, 1.82) is 0 Å². The Kier molecular flexibility index (Phi) is 10.3. The number of aryl methyl sites for hydroxylation is 1. The van der Waals surface area contributed by atoms with Gasteiger partial charge in [0.2, 0.25) is 0 Å². The van der Waals surface area contributed by atoms with Gasteiger partial charge in [-0.1, -0.05) is 12.1 Å². The molecule has 10 heteroatoms. The number of piperidine rings is 1. The fraction of sp³-hybridized carbons (Fsp3) is 0.571. The number of para-hydroxylation sites is 2. The standard InChI is InChI=1S/C21H33N7O2.HI/c1-16-25-26-20(27(16)2)14-23-21(22-11-13-29-3)24-17-8-7-12-28(15-17)18-9-5-6-10-19(18)30-4;/h5-6,9-10,17H,7-8,11-15H2,1-4H3,(H2,22,23,24);1H. The monoisotopic (exact) mass is 543 g/mol. The molecule has 1 aromatic carbocycles.